The Morgan fingerprint density at radius 3 is 2.40 bits per heavy atom. The average molecular weight is 348 g/mol. The van der Waals surface area contributed by atoms with E-state index in [1.165, 1.54) is 0 Å². The number of esters is 1. The van der Waals surface area contributed by atoms with Crippen molar-refractivity contribution in [2.45, 2.75) is 39.2 Å². The summed E-state index contributed by atoms with van der Waals surface area (Å²) in [5.74, 6) is -0.666. The highest BCUT2D eigenvalue weighted by molar-refractivity contribution is 5.97. The maximum absolute atomic E-state index is 12.0. The maximum atomic E-state index is 12.0. The number of hydrogen-bond donors (Lipinski definition) is 1. The molecule has 0 aromatic heterocycles. The van der Waals surface area contributed by atoms with E-state index in [0.717, 1.165) is 10.5 Å². The number of hydrogen-bond acceptors (Lipinski definition) is 5. The summed E-state index contributed by atoms with van der Waals surface area (Å²) in [4.78, 5) is 36.2. The van der Waals surface area contributed by atoms with Crippen LogP contribution in [0.3, 0.4) is 0 Å². The van der Waals surface area contributed by atoms with Gasteiger partial charge in [0.05, 0.1) is 0 Å². The number of rotatable bonds is 5. The van der Waals surface area contributed by atoms with Gasteiger partial charge in [-0.3, -0.25) is 9.69 Å². The minimum absolute atomic E-state index is 0.0330. The van der Waals surface area contributed by atoms with Crippen molar-refractivity contribution >= 4 is 17.9 Å². The SMILES string of the molecule is C[C@H](Oc1ccc(C(C)(C)C)cc1)C(=O)OCC(=O)N1CCNC1=O. The number of ether oxygens (including phenoxy) is 2. The fraction of sp³-hybridized carbons (Fsp3) is 0.500. The largest absolute Gasteiger partial charge is 0.479 e. The molecule has 1 aliphatic heterocycles. The summed E-state index contributed by atoms with van der Waals surface area (Å²) in [7, 11) is 0. The number of nitrogens with one attached hydrogen (secondary N) is 1. The molecule has 1 saturated heterocycles. The van der Waals surface area contributed by atoms with Gasteiger partial charge in [0.15, 0.2) is 12.7 Å². The Balaban J connectivity index is 1.83. The van der Waals surface area contributed by atoms with Crippen molar-refractivity contribution in [3.05, 3.63) is 29.8 Å². The summed E-state index contributed by atoms with van der Waals surface area (Å²) in [6.45, 7) is 8.08. The first-order valence-electron chi connectivity index (χ1n) is 8.20. The normalized spacial score (nSPS) is 15.5. The van der Waals surface area contributed by atoms with Crippen molar-refractivity contribution in [2.24, 2.45) is 0 Å². The van der Waals surface area contributed by atoms with Gasteiger partial charge in [0, 0.05) is 13.1 Å². The molecule has 2 rings (SSSR count). The molecule has 1 N–H and O–H groups in total. The summed E-state index contributed by atoms with van der Waals surface area (Å²) in [5, 5.41) is 2.51. The Labute approximate surface area is 147 Å². The summed E-state index contributed by atoms with van der Waals surface area (Å²) in [5.41, 5.74) is 1.19. The van der Waals surface area contributed by atoms with Crippen molar-refractivity contribution in [3.8, 4) is 5.75 Å². The van der Waals surface area contributed by atoms with E-state index in [0.29, 0.717) is 12.3 Å². The summed E-state index contributed by atoms with van der Waals surface area (Å²) >= 11 is 0. The molecule has 7 heteroatoms. The Morgan fingerprint density at radius 2 is 1.88 bits per heavy atom. The molecule has 1 aromatic carbocycles. The van der Waals surface area contributed by atoms with E-state index in [-0.39, 0.29) is 12.0 Å². The van der Waals surface area contributed by atoms with Gasteiger partial charge in [0.1, 0.15) is 5.75 Å². The van der Waals surface area contributed by atoms with Crippen LogP contribution in [0.1, 0.15) is 33.3 Å². The molecular weight excluding hydrogens is 324 g/mol. The zero-order valence-electron chi connectivity index (χ0n) is 15.0. The van der Waals surface area contributed by atoms with Gasteiger partial charge in [0.2, 0.25) is 0 Å². The summed E-state index contributed by atoms with van der Waals surface area (Å²) in [6.07, 6.45) is -0.860. The molecule has 0 radical (unpaired) electrons. The minimum atomic E-state index is -0.860. The Morgan fingerprint density at radius 1 is 1.24 bits per heavy atom. The van der Waals surface area contributed by atoms with E-state index >= 15 is 0 Å². The lowest BCUT2D eigenvalue weighted by Gasteiger charge is -2.20. The molecular formula is C18H24N2O5. The third-order valence-corrected chi connectivity index (χ3v) is 3.86. The van der Waals surface area contributed by atoms with Crippen molar-refractivity contribution < 1.29 is 23.9 Å². The van der Waals surface area contributed by atoms with E-state index < -0.39 is 30.6 Å². The van der Waals surface area contributed by atoms with Gasteiger partial charge in [-0.05, 0) is 30.0 Å². The average Bonchev–Trinajstić information content (AvgIpc) is 2.98. The van der Waals surface area contributed by atoms with Crippen LogP contribution in [0.4, 0.5) is 4.79 Å². The topological polar surface area (TPSA) is 84.9 Å². The lowest BCUT2D eigenvalue weighted by Crippen LogP contribution is -2.38. The third-order valence-electron chi connectivity index (χ3n) is 3.86. The van der Waals surface area contributed by atoms with Crippen LogP contribution >= 0.6 is 0 Å². The number of amides is 3. The van der Waals surface area contributed by atoms with E-state index in [1.807, 2.05) is 12.1 Å². The van der Waals surface area contributed by atoms with Crippen LogP contribution in [0.5, 0.6) is 5.75 Å². The van der Waals surface area contributed by atoms with Crippen molar-refractivity contribution in [1.82, 2.24) is 10.2 Å². The molecule has 3 amide bonds. The number of nitrogens with zero attached hydrogens (tertiary/aromatic N) is 1. The standard InChI is InChI=1S/C18H24N2O5/c1-12(25-14-7-5-13(6-8-14)18(2,3)4)16(22)24-11-15(21)20-10-9-19-17(20)23/h5-8,12H,9-11H2,1-4H3,(H,19,23)/t12-/m0/s1. The molecule has 25 heavy (non-hydrogen) atoms. The molecule has 7 nitrogen and oxygen atoms in total. The van der Waals surface area contributed by atoms with Crippen molar-refractivity contribution in [3.63, 3.8) is 0 Å². The van der Waals surface area contributed by atoms with Crippen LogP contribution in [-0.4, -0.2) is 48.6 Å². The first kappa shape index (κ1) is 18.8. The molecule has 0 spiro atoms. The smallest absolute Gasteiger partial charge is 0.347 e. The molecule has 0 saturated carbocycles. The fourth-order valence-corrected chi connectivity index (χ4v) is 2.32. The second-order valence-corrected chi connectivity index (χ2v) is 6.92. The highest BCUT2D eigenvalue weighted by atomic mass is 16.6. The van der Waals surface area contributed by atoms with Gasteiger partial charge in [-0.2, -0.15) is 0 Å². The first-order chi connectivity index (χ1) is 11.7. The van der Waals surface area contributed by atoms with Crippen molar-refractivity contribution in [2.75, 3.05) is 19.7 Å². The van der Waals surface area contributed by atoms with E-state index in [9.17, 15) is 14.4 Å². The zero-order valence-corrected chi connectivity index (χ0v) is 15.0. The van der Waals surface area contributed by atoms with Crippen LogP contribution in [0.15, 0.2) is 24.3 Å². The van der Waals surface area contributed by atoms with E-state index in [2.05, 4.69) is 26.1 Å². The molecule has 0 unspecified atom stereocenters. The summed E-state index contributed by atoms with van der Waals surface area (Å²) in [6, 6.07) is 7.02. The van der Waals surface area contributed by atoms with Gasteiger partial charge < -0.3 is 14.8 Å². The van der Waals surface area contributed by atoms with Crippen LogP contribution in [-0.2, 0) is 19.7 Å². The van der Waals surface area contributed by atoms with Crippen LogP contribution < -0.4 is 10.1 Å². The van der Waals surface area contributed by atoms with Crippen LogP contribution in [0.25, 0.3) is 0 Å². The quantitative estimate of drug-likeness (QED) is 0.821. The predicted molar refractivity (Wildman–Crippen MR) is 91.3 cm³/mol. The molecule has 0 aliphatic carbocycles. The van der Waals surface area contributed by atoms with Gasteiger partial charge in [0.25, 0.3) is 5.91 Å². The maximum Gasteiger partial charge on any atom is 0.347 e. The molecule has 136 valence electrons. The fourth-order valence-electron chi connectivity index (χ4n) is 2.32. The summed E-state index contributed by atoms with van der Waals surface area (Å²) < 4.78 is 10.5. The highest BCUT2D eigenvalue weighted by Gasteiger charge is 2.27. The van der Waals surface area contributed by atoms with Crippen LogP contribution in [0, 0.1) is 0 Å². The first-order valence-corrected chi connectivity index (χ1v) is 8.20. The van der Waals surface area contributed by atoms with Crippen LogP contribution in [0.2, 0.25) is 0 Å². The Hall–Kier alpha value is -2.57. The third kappa shape index (κ3) is 4.95. The second-order valence-electron chi connectivity index (χ2n) is 6.92. The van der Waals surface area contributed by atoms with Gasteiger partial charge in [-0.1, -0.05) is 32.9 Å². The van der Waals surface area contributed by atoms with Crippen molar-refractivity contribution in [1.29, 1.82) is 0 Å². The molecule has 1 aromatic rings. The minimum Gasteiger partial charge on any atom is -0.479 e. The van der Waals surface area contributed by atoms with Gasteiger partial charge in [-0.25, -0.2) is 9.59 Å². The lowest BCUT2D eigenvalue weighted by molar-refractivity contribution is -0.156. The highest BCUT2D eigenvalue weighted by Crippen LogP contribution is 2.24. The van der Waals surface area contributed by atoms with E-state index in [1.54, 1.807) is 19.1 Å². The van der Waals surface area contributed by atoms with Gasteiger partial charge >= 0.3 is 12.0 Å². The molecule has 1 aliphatic rings. The number of benzene rings is 1. The Kier molecular flexibility index (Phi) is 5.66. The Bertz CT molecular complexity index is 648. The lowest BCUT2D eigenvalue weighted by atomic mass is 9.87. The molecule has 0 bridgehead atoms. The predicted octanol–water partition coefficient (Wildman–Crippen LogP) is 1.85. The number of urea groups is 1. The van der Waals surface area contributed by atoms with E-state index in [4.69, 9.17) is 9.47 Å². The van der Waals surface area contributed by atoms with Gasteiger partial charge in [-0.15, -0.1) is 0 Å². The zero-order chi connectivity index (χ0) is 18.6. The molecule has 1 atom stereocenters. The molecule has 1 fully saturated rings. The molecule has 1 heterocycles. The number of imide groups is 1. The monoisotopic (exact) mass is 348 g/mol. The number of carbonyl (C=O) groups is 3. The number of carbonyl (C=O) groups excluding carboxylic acids is 3. The second kappa shape index (κ2) is 7.55.